The average Bonchev–Trinajstić information content (AvgIpc) is 2.64. The number of hydrogen-bond acceptors (Lipinski definition) is 4. The van der Waals surface area contributed by atoms with Crippen LogP contribution in [0.3, 0.4) is 0 Å². The third kappa shape index (κ3) is 4.17. The van der Waals surface area contributed by atoms with Crippen LogP contribution in [0.4, 0.5) is 0 Å². The minimum atomic E-state index is -0.297. The molecule has 0 bridgehead atoms. The molecule has 126 valence electrons. The van der Waals surface area contributed by atoms with Gasteiger partial charge in [0.2, 0.25) is 5.91 Å². The number of amides is 1. The van der Waals surface area contributed by atoms with Crippen LogP contribution in [0.1, 0.15) is 16.8 Å². The highest BCUT2D eigenvalue weighted by Gasteiger charge is 2.13. The van der Waals surface area contributed by atoms with Gasteiger partial charge in [-0.15, -0.1) is 0 Å². The van der Waals surface area contributed by atoms with Gasteiger partial charge in [0, 0.05) is 35.8 Å². The molecule has 1 aromatic carbocycles. The van der Waals surface area contributed by atoms with Crippen LogP contribution < -0.4 is 10.9 Å². The van der Waals surface area contributed by atoms with E-state index in [0.717, 1.165) is 11.1 Å². The number of hydrogen-bond donors (Lipinski definition) is 2. The fourth-order valence-corrected chi connectivity index (χ4v) is 2.48. The zero-order valence-corrected chi connectivity index (χ0v) is 13.8. The summed E-state index contributed by atoms with van der Waals surface area (Å²) in [4.78, 5) is 35.6. The maximum absolute atomic E-state index is 12.4. The molecular weight excluding hydrogens is 316 g/mol. The molecule has 2 N–H and O–H groups in total. The van der Waals surface area contributed by atoms with Crippen molar-refractivity contribution in [3.05, 3.63) is 82.0 Å². The molecule has 3 aromatic rings. The largest absolute Gasteiger partial charge is 0.352 e. The summed E-state index contributed by atoms with van der Waals surface area (Å²) in [5.41, 5.74) is 2.41. The quantitative estimate of drug-likeness (QED) is 0.747. The van der Waals surface area contributed by atoms with Gasteiger partial charge in [-0.3, -0.25) is 14.6 Å². The maximum atomic E-state index is 12.4. The Labute approximate surface area is 145 Å². The van der Waals surface area contributed by atoms with Crippen molar-refractivity contribution in [3.63, 3.8) is 0 Å². The SMILES string of the molecule is Cc1nc(-c2ccncc2)[nH]c(=O)c1CC(=O)NCc1ccccc1. The van der Waals surface area contributed by atoms with E-state index in [1.807, 2.05) is 30.3 Å². The summed E-state index contributed by atoms with van der Waals surface area (Å²) >= 11 is 0. The Morgan fingerprint density at radius 3 is 2.52 bits per heavy atom. The van der Waals surface area contributed by atoms with Gasteiger partial charge in [-0.1, -0.05) is 30.3 Å². The number of nitrogens with zero attached hydrogens (tertiary/aromatic N) is 2. The summed E-state index contributed by atoms with van der Waals surface area (Å²) < 4.78 is 0. The Morgan fingerprint density at radius 1 is 1.12 bits per heavy atom. The van der Waals surface area contributed by atoms with Gasteiger partial charge < -0.3 is 10.3 Å². The first kappa shape index (κ1) is 16.6. The van der Waals surface area contributed by atoms with E-state index in [9.17, 15) is 9.59 Å². The molecule has 0 saturated heterocycles. The van der Waals surface area contributed by atoms with E-state index in [1.165, 1.54) is 0 Å². The van der Waals surface area contributed by atoms with Gasteiger partial charge in [0.05, 0.1) is 6.42 Å². The molecule has 0 atom stereocenters. The van der Waals surface area contributed by atoms with Gasteiger partial charge in [0.1, 0.15) is 5.82 Å². The number of aryl methyl sites for hydroxylation is 1. The Bertz CT molecular complexity index is 921. The Hall–Kier alpha value is -3.28. The monoisotopic (exact) mass is 334 g/mol. The molecule has 0 aliphatic carbocycles. The second-order valence-corrected chi connectivity index (χ2v) is 5.65. The number of aromatic amines is 1. The zero-order valence-electron chi connectivity index (χ0n) is 13.8. The Morgan fingerprint density at radius 2 is 1.84 bits per heavy atom. The lowest BCUT2D eigenvalue weighted by Gasteiger charge is -2.08. The van der Waals surface area contributed by atoms with Crippen molar-refractivity contribution in [2.45, 2.75) is 19.9 Å². The van der Waals surface area contributed by atoms with Crippen molar-refractivity contribution >= 4 is 5.91 Å². The molecule has 3 rings (SSSR count). The van der Waals surface area contributed by atoms with Crippen LogP contribution in [0, 0.1) is 6.92 Å². The highest BCUT2D eigenvalue weighted by atomic mass is 16.2. The van der Waals surface area contributed by atoms with Gasteiger partial charge >= 0.3 is 0 Å². The van der Waals surface area contributed by atoms with E-state index in [-0.39, 0.29) is 17.9 Å². The molecule has 0 fully saturated rings. The number of carbonyl (C=O) groups is 1. The summed E-state index contributed by atoms with van der Waals surface area (Å²) in [6.07, 6.45) is 3.27. The normalized spacial score (nSPS) is 10.4. The summed E-state index contributed by atoms with van der Waals surface area (Å²) in [7, 11) is 0. The number of benzene rings is 1. The summed E-state index contributed by atoms with van der Waals surface area (Å²) in [6, 6.07) is 13.2. The number of aromatic nitrogens is 3. The van der Waals surface area contributed by atoms with Gasteiger partial charge in [-0.25, -0.2) is 4.98 Å². The molecule has 0 saturated carbocycles. The Kier molecular flexibility index (Phi) is 4.99. The van der Waals surface area contributed by atoms with E-state index in [2.05, 4.69) is 20.3 Å². The van der Waals surface area contributed by atoms with E-state index in [4.69, 9.17) is 0 Å². The van der Waals surface area contributed by atoms with Crippen LogP contribution in [0.5, 0.6) is 0 Å². The second kappa shape index (κ2) is 7.53. The van der Waals surface area contributed by atoms with Crippen molar-refractivity contribution in [3.8, 4) is 11.4 Å². The van der Waals surface area contributed by atoms with Crippen LogP contribution in [0.15, 0.2) is 59.7 Å². The highest BCUT2D eigenvalue weighted by molar-refractivity contribution is 5.78. The average molecular weight is 334 g/mol. The molecule has 1 amide bonds. The van der Waals surface area contributed by atoms with Gasteiger partial charge in [-0.05, 0) is 24.6 Å². The minimum Gasteiger partial charge on any atom is -0.352 e. The zero-order chi connectivity index (χ0) is 17.6. The standard InChI is InChI=1S/C19H18N4O2/c1-13-16(11-17(24)21-12-14-5-3-2-4-6-14)19(25)23-18(22-13)15-7-9-20-10-8-15/h2-10H,11-12H2,1H3,(H,21,24)(H,22,23,25). The molecular formula is C19H18N4O2. The summed E-state index contributed by atoms with van der Waals surface area (Å²) in [5, 5.41) is 2.82. The van der Waals surface area contributed by atoms with Crippen LogP contribution >= 0.6 is 0 Å². The smallest absolute Gasteiger partial charge is 0.255 e. The predicted octanol–water partition coefficient (Wildman–Crippen LogP) is 2.00. The third-order valence-electron chi connectivity index (χ3n) is 3.85. The molecule has 0 aliphatic rings. The number of rotatable bonds is 5. The summed E-state index contributed by atoms with van der Waals surface area (Å²) in [5.74, 6) is 0.259. The molecule has 0 spiro atoms. The topological polar surface area (TPSA) is 87.7 Å². The van der Waals surface area contributed by atoms with Crippen LogP contribution in [-0.4, -0.2) is 20.9 Å². The fraction of sp³-hybridized carbons (Fsp3) is 0.158. The molecule has 25 heavy (non-hydrogen) atoms. The minimum absolute atomic E-state index is 0.00236. The lowest BCUT2D eigenvalue weighted by molar-refractivity contribution is -0.120. The van der Waals surface area contributed by atoms with Crippen LogP contribution in [0.2, 0.25) is 0 Å². The number of pyridine rings is 1. The van der Waals surface area contributed by atoms with Gasteiger partial charge in [-0.2, -0.15) is 0 Å². The molecule has 2 heterocycles. The van der Waals surface area contributed by atoms with Crippen molar-refractivity contribution < 1.29 is 4.79 Å². The van der Waals surface area contributed by atoms with Crippen LogP contribution in [-0.2, 0) is 17.8 Å². The highest BCUT2D eigenvalue weighted by Crippen LogP contribution is 2.13. The summed E-state index contributed by atoms with van der Waals surface area (Å²) in [6.45, 7) is 2.17. The van der Waals surface area contributed by atoms with Crippen molar-refractivity contribution in [1.29, 1.82) is 0 Å². The lowest BCUT2D eigenvalue weighted by Crippen LogP contribution is -2.28. The first-order chi connectivity index (χ1) is 12.1. The van der Waals surface area contributed by atoms with E-state index < -0.39 is 0 Å². The van der Waals surface area contributed by atoms with Gasteiger partial charge in [0.15, 0.2) is 0 Å². The molecule has 0 unspecified atom stereocenters. The van der Waals surface area contributed by atoms with Crippen LogP contribution in [0.25, 0.3) is 11.4 Å². The second-order valence-electron chi connectivity index (χ2n) is 5.65. The molecule has 0 aliphatic heterocycles. The van der Waals surface area contributed by atoms with Crippen molar-refractivity contribution in [2.75, 3.05) is 0 Å². The maximum Gasteiger partial charge on any atom is 0.255 e. The number of nitrogens with one attached hydrogen (secondary N) is 2. The van der Waals surface area contributed by atoms with E-state index in [0.29, 0.717) is 23.6 Å². The molecule has 2 aromatic heterocycles. The van der Waals surface area contributed by atoms with Crippen molar-refractivity contribution in [2.24, 2.45) is 0 Å². The first-order valence-electron chi connectivity index (χ1n) is 7.94. The molecule has 0 radical (unpaired) electrons. The number of H-pyrrole nitrogens is 1. The van der Waals surface area contributed by atoms with E-state index >= 15 is 0 Å². The van der Waals surface area contributed by atoms with Crippen molar-refractivity contribution in [1.82, 2.24) is 20.3 Å². The third-order valence-corrected chi connectivity index (χ3v) is 3.85. The molecule has 6 nitrogen and oxygen atoms in total. The lowest BCUT2D eigenvalue weighted by atomic mass is 10.1. The van der Waals surface area contributed by atoms with Gasteiger partial charge in [0.25, 0.3) is 5.56 Å². The fourth-order valence-electron chi connectivity index (χ4n) is 2.48. The molecule has 6 heteroatoms. The van der Waals surface area contributed by atoms with E-state index in [1.54, 1.807) is 31.5 Å². The number of carbonyl (C=O) groups excluding carboxylic acids is 1. The first-order valence-corrected chi connectivity index (χ1v) is 7.94. The Balaban J connectivity index is 1.72. The predicted molar refractivity (Wildman–Crippen MR) is 94.8 cm³/mol.